The van der Waals surface area contributed by atoms with Crippen LogP contribution in [0.5, 0.6) is 11.5 Å². The van der Waals surface area contributed by atoms with E-state index in [2.05, 4.69) is 33.1 Å². The number of carbonyl (C=O) groups is 1. The first-order valence-corrected chi connectivity index (χ1v) is 8.78. The Morgan fingerprint density at radius 3 is 2.65 bits per heavy atom. The van der Waals surface area contributed by atoms with Crippen LogP contribution in [0.4, 0.5) is 0 Å². The van der Waals surface area contributed by atoms with Crippen LogP contribution in [0.1, 0.15) is 11.1 Å². The molecule has 2 aromatic carbocycles. The van der Waals surface area contributed by atoms with E-state index in [4.69, 9.17) is 4.74 Å². The molecule has 7 heteroatoms. The van der Waals surface area contributed by atoms with Gasteiger partial charge in [0, 0.05) is 9.13 Å². The normalized spacial score (nSPS) is 10.7. The summed E-state index contributed by atoms with van der Waals surface area (Å²) < 4.78 is 6.79. The topological polar surface area (TPSA) is 70.9 Å². The van der Waals surface area contributed by atoms with Crippen LogP contribution in [0.2, 0.25) is 0 Å². The van der Waals surface area contributed by atoms with Crippen LogP contribution in [-0.4, -0.2) is 24.3 Å². The summed E-state index contributed by atoms with van der Waals surface area (Å²) in [6.07, 6.45) is 1.66. The van der Waals surface area contributed by atoms with Gasteiger partial charge in [-0.2, -0.15) is 5.10 Å². The van der Waals surface area contributed by atoms with E-state index in [0.29, 0.717) is 5.56 Å². The minimum atomic E-state index is -0.230. The van der Waals surface area contributed by atoms with Gasteiger partial charge in [0.1, 0.15) is 11.5 Å². The molecule has 0 fully saturated rings. The zero-order valence-electron chi connectivity index (χ0n) is 12.2. The zero-order chi connectivity index (χ0) is 16.8. The van der Waals surface area contributed by atoms with Gasteiger partial charge < -0.3 is 9.84 Å². The second-order valence-corrected chi connectivity index (χ2v) is 7.05. The Morgan fingerprint density at radius 2 is 2.00 bits per heavy atom. The van der Waals surface area contributed by atoms with Crippen molar-refractivity contribution in [3.8, 4) is 11.5 Å². The highest BCUT2D eigenvalue weighted by Gasteiger charge is 2.06. The average molecular weight is 536 g/mol. The molecule has 0 spiro atoms. The van der Waals surface area contributed by atoms with Crippen molar-refractivity contribution in [2.45, 2.75) is 6.42 Å². The van der Waals surface area contributed by atoms with Crippen LogP contribution < -0.4 is 10.2 Å². The number of ether oxygens (including phenoxy) is 1. The Hall–Kier alpha value is -1.36. The first-order valence-electron chi connectivity index (χ1n) is 6.62. The van der Waals surface area contributed by atoms with Crippen molar-refractivity contribution in [3.05, 3.63) is 54.7 Å². The van der Waals surface area contributed by atoms with Gasteiger partial charge in [-0.25, -0.2) is 5.43 Å². The van der Waals surface area contributed by atoms with Gasteiger partial charge in [-0.1, -0.05) is 12.1 Å². The number of phenols is 1. The summed E-state index contributed by atoms with van der Waals surface area (Å²) in [5, 5.41) is 13.8. The third kappa shape index (κ3) is 5.34. The largest absolute Gasteiger partial charge is 0.506 e. The standard InChI is InChI=1S/C16H14I2N2O3/c1-23-13-4-2-10(3-5-13)6-15(21)20-19-9-11-7-12(17)8-14(18)16(11)22/h2-5,7-9,22H,6H2,1H3,(H,20,21)/b19-9-. The Morgan fingerprint density at radius 1 is 1.30 bits per heavy atom. The number of benzene rings is 2. The Labute approximate surface area is 161 Å². The monoisotopic (exact) mass is 536 g/mol. The summed E-state index contributed by atoms with van der Waals surface area (Å²) in [6.45, 7) is 0. The molecule has 0 unspecified atom stereocenters. The molecule has 5 nitrogen and oxygen atoms in total. The number of carbonyl (C=O) groups excluding carboxylic acids is 1. The molecule has 120 valence electrons. The third-order valence-corrected chi connectivity index (χ3v) is 4.42. The van der Waals surface area contributed by atoms with Gasteiger partial charge in [0.2, 0.25) is 5.91 Å². The number of methoxy groups -OCH3 is 1. The van der Waals surface area contributed by atoms with Crippen molar-refractivity contribution in [2.75, 3.05) is 7.11 Å². The lowest BCUT2D eigenvalue weighted by atomic mass is 10.1. The molecule has 2 rings (SSSR count). The first kappa shape index (κ1) is 18.0. The molecule has 0 aliphatic heterocycles. The van der Waals surface area contributed by atoms with Gasteiger partial charge in [0.15, 0.2) is 0 Å². The summed E-state index contributed by atoms with van der Waals surface area (Å²) in [5.41, 5.74) is 3.88. The number of phenolic OH excluding ortho intramolecular Hbond substituents is 1. The van der Waals surface area contributed by atoms with Crippen LogP contribution in [0, 0.1) is 7.14 Å². The van der Waals surface area contributed by atoms with E-state index >= 15 is 0 Å². The van der Waals surface area contributed by atoms with Gasteiger partial charge >= 0.3 is 0 Å². The molecule has 0 radical (unpaired) electrons. The van der Waals surface area contributed by atoms with Crippen molar-refractivity contribution in [3.63, 3.8) is 0 Å². The second-order valence-electron chi connectivity index (χ2n) is 4.64. The van der Waals surface area contributed by atoms with Gasteiger partial charge in [0.05, 0.1) is 23.3 Å². The van der Waals surface area contributed by atoms with E-state index in [-0.39, 0.29) is 18.1 Å². The number of nitrogens with one attached hydrogen (secondary N) is 1. The van der Waals surface area contributed by atoms with Gasteiger partial charge in [0.25, 0.3) is 0 Å². The quantitative estimate of drug-likeness (QED) is 0.351. The van der Waals surface area contributed by atoms with E-state index < -0.39 is 0 Å². The van der Waals surface area contributed by atoms with Gasteiger partial charge in [-0.15, -0.1) is 0 Å². The molecule has 2 N–H and O–H groups in total. The van der Waals surface area contributed by atoms with Crippen LogP contribution in [0.3, 0.4) is 0 Å². The fourth-order valence-corrected chi connectivity index (χ4v) is 3.72. The van der Waals surface area contributed by atoms with E-state index in [1.807, 2.05) is 40.8 Å². The number of nitrogens with zero attached hydrogens (tertiary/aromatic N) is 1. The minimum Gasteiger partial charge on any atom is -0.506 e. The van der Waals surface area contributed by atoms with Crippen molar-refractivity contribution < 1.29 is 14.6 Å². The maximum atomic E-state index is 11.9. The summed E-state index contributed by atoms with van der Waals surface area (Å²) in [6, 6.07) is 10.9. The number of aromatic hydroxyl groups is 1. The Kier molecular flexibility index (Phi) is 6.63. The summed E-state index contributed by atoms with van der Waals surface area (Å²) >= 11 is 4.21. The van der Waals surface area contributed by atoms with Crippen LogP contribution >= 0.6 is 45.2 Å². The molecular weight excluding hydrogens is 522 g/mol. The maximum absolute atomic E-state index is 11.9. The highest BCUT2D eigenvalue weighted by Crippen LogP contribution is 2.25. The highest BCUT2D eigenvalue weighted by molar-refractivity contribution is 14.1. The fourth-order valence-electron chi connectivity index (χ4n) is 1.83. The molecular formula is C16H14I2N2O3. The lowest BCUT2D eigenvalue weighted by Gasteiger charge is -2.04. The summed E-state index contributed by atoms with van der Waals surface area (Å²) in [7, 11) is 1.60. The SMILES string of the molecule is COc1ccc(CC(=O)N/N=C\c2cc(I)cc(I)c2O)cc1. The highest BCUT2D eigenvalue weighted by atomic mass is 127. The van der Waals surface area contributed by atoms with Crippen molar-refractivity contribution >= 4 is 57.3 Å². The predicted octanol–water partition coefficient (Wildman–Crippen LogP) is 3.30. The molecule has 0 aliphatic carbocycles. The number of halogens is 2. The minimum absolute atomic E-state index is 0.152. The number of rotatable bonds is 5. The zero-order valence-corrected chi connectivity index (χ0v) is 16.5. The maximum Gasteiger partial charge on any atom is 0.244 e. The number of hydrogen-bond donors (Lipinski definition) is 2. The molecule has 0 saturated carbocycles. The molecule has 0 aromatic heterocycles. The smallest absolute Gasteiger partial charge is 0.244 e. The molecule has 23 heavy (non-hydrogen) atoms. The van der Waals surface area contributed by atoms with Crippen molar-refractivity contribution in [2.24, 2.45) is 5.10 Å². The van der Waals surface area contributed by atoms with E-state index in [1.54, 1.807) is 25.3 Å². The van der Waals surface area contributed by atoms with Crippen molar-refractivity contribution in [1.29, 1.82) is 0 Å². The molecule has 0 bridgehead atoms. The predicted molar refractivity (Wildman–Crippen MR) is 106 cm³/mol. The van der Waals surface area contributed by atoms with Crippen LogP contribution in [0.15, 0.2) is 41.5 Å². The van der Waals surface area contributed by atoms with Gasteiger partial charge in [-0.05, 0) is 75.0 Å². The molecule has 0 atom stereocenters. The first-order chi connectivity index (χ1) is 11.0. The number of hydrazone groups is 1. The fraction of sp³-hybridized carbons (Fsp3) is 0.125. The van der Waals surface area contributed by atoms with Crippen LogP contribution in [0.25, 0.3) is 0 Å². The second kappa shape index (κ2) is 8.48. The molecule has 1 amide bonds. The molecule has 0 heterocycles. The summed E-state index contributed by atoms with van der Waals surface area (Å²) in [4.78, 5) is 11.9. The number of amides is 1. The van der Waals surface area contributed by atoms with E-state index in [9.17, 15) is 9.90 Å². The molecule has 2 aromatic rings. The average Bonchev–Trinajstić information content (AvgIpc) is 2.52. The molecule has 0 aliphatic rings. The van der Waals surface area contributed by atoms with E-state index in [1.165, 1.54) is 6.21 Å². The van der Waals surface area contributed by atoms with E-state index in [0.717, 1.165) is 18.5 Å². The Bertz CT molecular complexity index is 731. The summed E-state index contributed by atoms with van der Waals surface area (Å²) in [5.74, 6) is 0.668. The third-order valence-electron chi connectivity index (χ3n) is 2.97. The molecule has 0 saturated heterocycles. The number of hydrogen-bond acceptors (Lipinski definition) is 4. The Balaban J connectivity index is 1.96. The van der Waals surface area contributed by atoms with Crippen LogP contribution in [-0.2, 0) is 11.2 Å². The lowest BCUT2D eigenvalue weighted by Crippen LogP contribution is -2.19. The lowest BCUT2D eigenvalue weighted by molar-refractivity contribution is -0.120. The van der Waals surface area contributed by atoms with Gasteiger partial charge in [-0.3, -0.25) is 4.79 Å². The van der Waals surface area contributed by atoms with Crippen molar-refractivity contribution in [1.82, 2.24) is 5.43 Å².